The van der Waals surface area contributed by atoms with Crippen LogP contribution in [0.15, 0.2) is 30.3 Å². The Morgan fingerprint density at radius 1 is 1.00 bits per heavy atom. The van der Waals surface area contributed by atoms with Gasteiger partial charge < -0.3 is 15.0 Å². The smallest absolute Gasteiger partial charge is 0.331 e. The minimum atomic E-state index is -1.07. The fraction of sp³-hybridized carbons (Fsp3) is 0.500. The summed E-state index contributed by atoms with van der Waals surface area (Å²) in [7, 11) is 0. The van der Waals surface area contributed by atoms with Crippen LogP contribution in [0.3, 0.4) is 0 Å². The molecule has 1 atom stereocenters. The summed E-state index contributed by atoms with van der Waals surface area (Å²) in [6.07, 6.45) is 6.87. The molecule has 2 rings (SSSR count). The molecule has 7 nitrogen and oxygen atoms in total. The predicted molar refractivity (Wildman–Crippen MR) is 114 cm³/mol. The lowest BCUT2D eigenvalue weighted by Crippen LogP contribution is -2.46. The summed E-state index contributed by atoms with van der Waals surface area (Å²) in [5.74, 6) is -1.32. The first-order chi connectivity index (χ1) is 13.8. The maximum atomic E-state index is 11.9. The van der Waals surface area contributed by atoms with Gasteiger partial charge in [-0.3, -0.25) is 10.1 Å². The molecule has 1 heterocycles. The number of benzene rings is 1. The molecule has 7 heteroatoms. The van der Waals surface area contributed by atoms with E-state index in [4.69, 9.17) is 4.74 Å². The van der Waals surface area contributed by atoms with E-state index >= 15 is 0 Å². The van der Waals surface area contributed by atoms with Crippen LogP contribution in [0.1, 0.15) is 52.0 Å². The third-order valence-corrected chi connectivity index (χ3v) is 4.59. The molecule has 0 radical (unpaired) electrons. The highest BCUT2D eigenvalue weighted by molar-refractivity contribution is 5.98. The number of imide groups is 1. The Kier molecular flexibility index (Phi) is 8.70. The molecule has 1 aromatic rings. The van der Waals surface area contributed by atoms with Crippen molar-refractivity contribution >= 4 is 29.7 Å². The summed E-state index contributed by atoms with van der Waals surface area (Å²) < 4.78 is 5.05. The van der Waals surface area contributed by atoms with Crippen LogP contribution in [0.5, 0.6) is 0 Å². The summed E-state index contributed by atoms with van der Waals surface area (Å²) in [6.45, 7) is 7.13. The van der Waals surface area contributed by atoms with Crippen molar-refractivity contribution in [1.82, 2.24) is 10.6 Å². The average molecular weight is 402 g/mol. The third-order valence-electron chi connectivity index (χ3n) is 4.59. The normalized spacial score (nSPS) is 15.7. The standard InChI is InChI=1S/C22H31N3O4/c1-16(2)23-22(28)24-21(27)17(3)29-20(26)13-10-18-8-11-19(12-9-18)25-14-6-4-5-7-15-25/h8-13,16-17H,4-7,14-15H2,1-3H3,(H2,23,24,27,28)/b13-10+/t17-/m0/s1. The summed E-state index contributed by atoms with van der Waals surface area (Å²) in [5, 5.41) is 4.67. The Balaban J connectivity index is 1.83. The van der Waals surface area contributed by atoms with Crippen LogP contribution in [-0.4, -0.2) is 43.1 Å². The Labute approximate surface area is 172 Å². The molecule has 29 heavy (non-hydrogen) atoms. The number of nitrogens with one attached hydrogen (secondary N) is 2. The second-order valence-electron chi connectivity index (χ2n) is 7.52. The number of anilines is 1. The molecule has 1 aromatic carbocycles. The highest BCUT2D eigenvalue weighted by Crippen LogP contribution is 2.20. The van der Waals surface area contributed by atoms with Gasteiger partial charge in [-0.15, -0.1) is 0 Å². The fourth-order valence-corrected chi connectivity index (χ4v) is 3.07. The number of esters is 1. The number of amides is 3. The Bertz CT molecular complexity index is 720. The molecule has 0 spiro atoms. The molecule has 3 amide bonds. The number of carbonyl (C=O) groups is 3. The molecule has 1 aliphatic rings. The molecule has 1 fully saturated rings. The largest absolute Gasteiger partial charge is 0.449 e. The molecule has 0 unspecified atom stereocenters. The van der Waals surface area contributed by atoms with Crippen LogP contribution < -0.4 is 15.5 Å². The van der Waals surface area contributed by atoms with E-state index in [0.717, 1.165) is 18.7 Å². The van der Waals surface area contributed by atoms with Crippen molar-refractivity contribution in [1.29, 1.82) is 0 Å². The van der Waals surface area contributed by atoms with Gasteiger partial charge in [0.2, 0.25) is 0 Å². The zero-order valence-electron chi connectivity index (χ0n) is 17.4. The molecule has 1 saturated heterocycles. The average Bonchev–Trinajstić information content (AvgIpc) is 2.95. The molecule has 0 aromatic heterocycles. The fourth-order valence-electron chi connectivity index (χ4n) is 3.07. The topological polar surface area (TPSA) is 87.7 Å². The second-order valence-corrected chi connectivity index (χ2v) is 7.52. The molecule has 0 aliphatic carbocycles. The van der Waals surface area contributed by atoms with Crippen molar-refractivity contribution in [3.8, 4) is 0 Å². The number of hydrogen-bond acceptors (Lipinski definition) is 5. The van der Waals surface area contributed by atoms with E-state index in [1.54, 1.807) is 19.9 Å². The number of ether oxygens (including phenoxy) is 1. The first kappa shape index (κ1) is 22.5. The first-order valence-corrected chi connectivity index (χ1v) is 10.2. The third kappa shape index (κ3) is 7.97. The van der Waals surface area contributed by atoms with Gasteiger partial charge in [-0.2, -0.15) is 0 Å². The van der Waals surface area contributed by atoms with Gasteiger partial charge in [0.1, 0.15) is 0 Å². The number of rotatable bonds is 6. The Morgan fingerprint density at radius 3 is 2.21 bits per heavy atom. The van der Waals surface area contributed by atoms with Gasteiger partial charge in [-0.25, -0.2) is 9.59 Å². The molecule has 0 saturated carbocycles. The summed E-state index contributed by atoms with van der Waals surface area (Å²) in [5.41, 5.74) is 2.06. The van der Waals surface area contributed by atoms with Crippen molar-refractivity contribution in [2.24, 2.45) is 0 Å². The Morgan fingerprint density at radius 2 is 1.62 bits per heavy atom. The van der Waals surface area contributed by atoms with Crippen LogP contribution in [0.4, 0.5) is 10.5 Å². The number of urea groups is 1. The van der Waals surface area contributed by atoms with E-state index in [2.05, 4.69) is 27.7 Å². The maximum absolute atomic E-state index is 11.9. The van der Waals surface area contributed by atoms with Crippen molar-refractivity contribution in [3.05, 3.63) is 35.9 Å². The summed E-state index contributed by atoms with van der Waals surface area (Å²) >= 11 is 0. The lowest BCUT2D eigenvalue weighted by atomic mass is 10.1. The lowest BCUT2D eigenvalue weighted by molar-refractivity contribution is -0.149. The number of hydrogen-bond donors (Lipinski definition) is 2. The summed E-state index contributed by atoms with van der Waals surface area (Å²) in [6, 6.07) is 7.30. The van der Waals surface area contributed by atoms with Crippen LogP contribution in [0.25, 0.3) is 6.08 Å². The van der Waals surface area contributed by atoms with Crippen molar-refractivity contribution < 1.29 is 19.1 Å². The minimum absolute atomic E-state index is 0.102. The van der Waals surface area contributed by atoms with Crippen molar-refractivity contribution in [3.63, 3.8) is 0 Å². The van der Waals surface area contributed by atoms with E-state index in [1.807, 2.05) is 12.1 Å². The van der Waals surface area contributed by atoms with Gasteiger partial charge in [0.25, 0.3) is 5.91 Å². The molecule has 1 aliphatic heterocycles. The second kappa shape index (κ2) is 11.2. The quantitative estimate of drug-likeness (QED) is 0.564. The van der Waals surface area contributed by atoms with E-state index in [1.165, 1.54) is 44.4 Å². The Hall–Kier alpha value is -2.83. The zero-order chi connectivity index (χ0) is 21.2. The maximum Gasteiger partial charge on any atom is 0.331 e. The highest BCUT2D eigenvalue weighted by Gasteiger charge is 2.19. The monoisotopic (exact) mass is 401 g/mol. The molecule has 0 bridgehead atoms. The van der Waals surface area contributed by atoms with Gasteiger partial charge in [0.15, 0.2) is 6.10 Å². The summed E-state index contributed by atoms with van der Waals surface area (Å²) in [4.78, 5) is 37.7. The molecule has 158 valence electrons. The van der Waals surface area contributed by atoms with E-state index in [0.29, 0.717) is 0 Å². The van der Waals surface area contributed by atoms with Crippen molar-refractivity contribution in [2.45, 2.75) is 58.6 Å². The predicted octanol–water partition coefficient (Wildman–Crippen LogP) is 3.25. The van der Waals surface area contributed by atoms with Gasteiger partial charge >= 0.3 is 12.0 Å². The first-order valence-electron chi connectivity index (χ1n) is 10.2. The van der Waals surface area contributed by atoms with Crippen LogP contribution in [0, 0.1) is 0 Å². The molecular weight excluding hydrogens is 370 g/mol. The number of carbonyl (C=O) groups excluding carboxylic acids is 3. The lowest BCUT2D eigenvalue weighted by Gasteiger charge is -2.22. The van der Waals surface area contributed by atoms with Gasteiger partial charge in [-0.1, -0.05) is 25.0 Å². The SMILES string of the molecule is CC(C)NC(=O)NC(=O)[C@H](C)OC(=O)/C=C/c1ccc(N2CCCCCC2)cc1. The zero-order valence-corrected chi connectivity index (χ0v) is 17.4. The van der Waals surface area contributed by atoms with Gasteiger partial charge in [-0.05, 0) is 57.4 Å². The van der Waals surface area contributed by atoms with E-state index in [9.17, 15) is 14.4 Å². The van der Waals surface area contributed by atoms with E-state index in [-0.39, 0.29) is 6.04 Å². The van der Waals surface area contributed by atoms with Crippen molar-refractivity contribution in [2.75, 3.05) is 18.0 Å². The molecule has 2 N–H and O–H groups in total. The number of nitrogens with zero attached hydrogens (tertiary/aromatic N) is 1. The highest BCUT2D eigenvalue weighted by atomic mass is 16.5. The van der Waals surface area contributed by atoms with Crippen LogP contribution >= 0.6 is 0 Å². The van der Waals surface area contributed by atoms with Gasteiger partial charge in [0.05, 0.1) is 0 Å². The molecular formula is C22H31N3O4. The van der Waals surface area contributed by atoms with E-state index < -0.39 is 24.0 Å². The van der Waals surface area contributed by atoms with Crippen LogP contribution in [-0.2, 0) is 14.3 Å². The van der Waals surface area contributed by atoms with Gasteiger partial charge in [0, 0.05) is 30.9 Å². The minimum Gasteiger partial charge on any atom is -0.449 e. The van der Waals surface area contributed by atoms with Crippen LogP contribution in [0.2, 0.25) is 0 Å².